The summed E-state index contributed by atoms with van der Waals surface area (Å²) in [6, 6.07) is 11.2. The summed E-state index contributed by atoms with van der Waals surface area (Å²) in [7, 11) is 0. The largest absolute Gasteiger partial charge is 0.331 e. The maximum atomic E-state index is 13.6. The summed E-state index contributed by atoms with van der Waals surface area (Å²) in [6.07, 6.45) is 0.808. The molecule has 0 bridgehead atoms. The van der Waals surface area contributed by atoms with Gasteiger partial charge in [-0.05, 0) is 42.3 Å². The van der Waals surface area contributed by atoms with Gasteiger partial charge in [-0.3, -0.25) is 0 Å². The minimum absolute atomic E-state index is 0.123. The molecule has 0 radical (unpaired) electrons. The first-order chi connectivity index (χ1) is 10.6. The van der Waals surface area contributed by atoms with E-state index < -0.39 is 11.8 Å². The first-order valence-corrected chi connectivity index (χ1v) is 8.24. The number of hydrogen-bond donors (Lipinski definition) is 2. The molecule has 0 aromatic heterocycles. The van der Waals surface area contributed by atoms with Gasteiger partial charge in [-0.15, -0.1) is 11.8 Å². The molecule has 114 valence electrons. The SMILES string of the molecule is O=C(Nc1ccccc1F)NC1CCSc2ccc(Cl)cc21. The third kappa shape index (κ3) is 3.36. The molecule has 3 nitrogen and oxygen atoms in total. The number of hydrogen-bond acceptors (Lipinski definition) is 2. The zero-order valence-corrected chi connectivity index (χ0v) is 13.2. The number of urea groups is 1. The van der Waals surface area contributed by atoms with Gasteiger partial charge in [-0.25, -0.2) is 9.18 Å². The molecule has 0 saturated heterocycles. The van der Waals surface area contributed by atoms with Crippen LogP contribution in [0, 0.1) is 5.82 Å². The lowest BCUT2D eigenvalue weighted by Crippen LogP contribution is -2.34. The smallest absolute Gasteiger partial charge is 0.319 e. The number of rotatable bonds is 2. The summed E-state index contributed by atoms with van der Waals surface area (Å²) in [5.74, 6) is 0.458. The fourth-order valence-electron chi connectivity index (χ4n) is 2.39. The van der Waals surface area contributed by atoms with Crippen LogP contribution in [0.25, 0.3) is 0 Å². The Morgan fingerprint density at radius 3 is 2.91 bits per heavy atom. The van der Waals surface area contributed by atoms with E-state index in [-0.39, 0.29) is 11.7 Å². The Hall–Kier alpha value is -1.72. The number of halogens is 2. The van der Waals surface area contributed by atoms with Crippen LogP contribution in [0.1, 0.15) is 18.0 Å². The molecule has 2 amide bonds. The molecule has 2 aromatic carbocycles. The van der Waals surface area contributed by atoms with E-state index in [1.54, 1.807) is 23.9 Å². The Kier molecular flexibility index (Phi) is 4.55. The number of nitrogens with one attached hydrogen (secondary N) is 2. The van der Waals surface area contributed by atoms with Crippen molar-refractivity contribution in [3.8, 4) is 0 Å². The van der Waals surface area contributed by atoms with Gasteiger partial charge in [-0.1, -0.05) is 23.7 Å². The van der Waals surface area contributed by atoms with Gasteiger partial charge >= 0.3 is 6.03 Å². The summed E-state index contributed by atoms with van der Waals surface area (Å²) in [5.41, 5.74) is 1.17. The summed E-state index contributed by atoms with van der Waals surface area (Å²) in [5, 5.41) is 6.07. The zero-order chi connectivity index (χ0) is 15.5. The Labute approximate surface area is 137 Å². The fourth-order valence-corrected chi connectivity index (χ4v) is 3.68. The standard InChI is InChI=1S/C16H14ClFN2OS/c17-10-5-6-15-11(9-10)13(7-8-22-15)19-16(21)20-14-4-2-1-3-12(14)18/h1-6,9,13H,7-8H2,(H2,19,20,21). The van der Waals surface area contributed by atoms with Crippen molar-refractivity contribution in [2.45, 2.75) is 17.4 Å². The highest BCUT2D eigenvalue weighted by Gasteiger charge is 2.22. The lowest BCUT2D eigenvalue weighted by atomic mass is 10.0. The van der Waals surface area contributed by atoms with E-state index >= 15 is 0 Å². The van der Waals surface area contributed by atoms with Crippen LogP contribution >= 0.6 is 23.4 Å². The van der Waals surface area contributed by atoms with Crippen LogP contribution in [0.2, 0.25) is 5.02 Å². The lowest BCUT2D eigenvalue weighted by molar-refractivity contribution is 0.248. The van der Waals surface area contributed by atoms with Crippen molar-refractivity contribution < 1.29 is 9.18 Å². The molecule has 1 aliphatic heterocycles. The van der Waals surface area contributed by atoms with E-state index in [2.05, 4.69) is 10.6 Å². The van der Waals surface area contributed by atoms with Crippen molar-refractivity contribution in [3.63, 3.8) is 0 Å². The van der Waals surface area contributed by atoms with Crippen LogP contribution in [0.4, 0.5) is 14.9 Å². The molecule has 0 aliphatic carbocycles. The number of thioether (sulfide) groups is 1. The van der Waals surface area contributed by atoms with E-state index in [1.807, 2.05) is 18.2 Å². The van der Waals surface area contributed by atoms with Crippen molar-refractivity contribution in [1.29, 1.82) is 0 Å². The van der Waals surface area contributed by atoms with Gasteiger partial charge in [0.15, 0.2) is 0 Å². The van der Waals surface area contributed by atoms with Gasteiger partial charge in [0.1, 0.15) is 5.82 Å². The van der Waals surface area contributed by atoms with Crippen LogP contribution in [0.15, 0.2) is 47.4 Å². The summed E-state index contributed by atoms with van der Waals surface area (Å²) in [6.45, 7) is 0. The second-order valence-corrected chi connectivity index (χ2v) is 6.52. The fraction of sp³-hybridized carbons (Fsp3) is 0.188. The molecule has 1 unspecified atom stereocenters. The minimum atomic E-state index is -0.458. The number of carbonyl (C=O) groups excluding carboxylic acids is 1. The molecule has 0 spiro atoms. The Morgan fingerprint density at radius 1 is 1.27 bits per heavy atom. The number of amides is 2. The Balaban J connectivity index is 1.73. The number of fused-ring (bicyclic) bond motifs is 1. The van der Waals surface area contributed by atoms with E-state index in [0.717, 1.165) is 22.6 Å². The van der Waals surface area contributed by atoms with Gasteiger partial charge in [0.2, 0.25) is 0 Å². The number of para-hydroxylation sites is 1. The molecule has 22 heavy (non-hydrogen) atoms. The highest BCUT2D eigenvalue weighted by molar-refractivity contribution is 7.99. The third-order valence-corrected chi connectivity index (χ3v) is 4.80. The zero-order valence-electron chi connectivity index (χ0n) is 11.6. The Bertz CT molecular complexity index is 710. The lowest BCUT2D eigenvalue weighted by Gasteiger charge is -2.26. The molecule has 1 heterocycles. The molecule has 1 aliphatic rings. The van der Waals surface area contributed by atoms with Crippen LogP contribution in [0.5, 0.6) is 0 Å². The van der Waals surface area contributed by atoms with E-state index in [0.29, 0.717) is 5.02 Å². The normalized spacial score (nSPS) is 16.7. The Morgan fingerprint density at radius 2 is 2.09 bits per heavy atom. The van der Waals surface area contributed by atoms with E-state index in [9.17, 15) is 9.18 Å². The summed E-state index contributed by atoms with van der Waals surface area (Å²) >= 11 is 7.79. The maximum absolute atomic E-state index is 13.6. The third-order valence-electron chi connectivity index (χ3n) is 3.44. The van der Waals surface area contributed by atoms with Crippen molar-refractivity contribution in [3.05, 3.63) is 58.9 Å². The predicted octanol–water partition coefficient (Wildman–Crippen LogP) is 4.84. The number of carbonyl (C=O) groups is 1. The first-order valence-electron chi connectivity index (χ1n) is 6.88. The summed E-state index contributed by atoms with van der Waals surface area (Å²) < 4.78 is 13.6. The van der Waals surface area contributed by atoms with Crippen LogP contribution in [-0.2, 0) is 0 Å². The van der Waals surface area contributed by atoms with Crippen LogP contribution in [-0.4, -0.2) is 11.8 Å². The molecule has 1 atom stereocenters. The van der Waals surface area contributed by atoms with Gasteiger partial charge in [0.05, 0.1) is 11.7 Å². The highest BCUT2D eigenvalue weighted by Crippen LogP contribution is 2.37. The van der Waals surface area contributed by atoms with E-state index in [4.69, 9.17) is 11.6 Å². The molecular formula is C16H14ClFN2OS. The molecule has 6 heteroatoms. The molecule has 3 rings (SSSR count). The average molecular weight is 337 g/mol. The topological polar surface area (TPSA) is 41.1 Å². The molecule has 2 aromatic rings. The molecule has 0 fully saturated rings. The monoisotopic (exact) mass is 336 g/mol. The maximum Gasteiger partial charge on any atom is 0.319 e. The molecular weight excluding hydrogens is 323 g/mol. The highest BCUT2D eigenvalue weighted by atomic mass is 35.5. The summed E-state index contributed by atoms with van der Waals surface area (Å²) in [4.78, 5) is 13.2. The first kappa shape index (κ1) is 15.2. The minimum Gasteiger partial charge on any atom is -0.331 e. The second-order valence-electron chi connectivity index (χ2n) is 4.95. The van der Waals surface area contributed by atoms with Crippen LogP contribution < -0.4 is 10.6 Å². The van der Waals surface area contributed by atoms with Gasteiger partial charge in [0, 0.05) is 15.7 Å². The van der Waals surface area contributed by atoms with Gasteiger partial charge in [-0.2, -0.15) is 0 Å². The van der Waals surface area contributed by atoms with Gasteiger partial charge < -0.3 is 10.6 Å². The van der Waals surface area contributed by atoms with Gasteiger partial charge in [0.25, 0.3) is 0 Å². The van der Waals surface area contributed by atoms with Crippen molar-refractivity contribution in [2.75, 3.05) is 11.1 Å². The number of anilines is 1. The average Bonchev–Trinajstić information content (AvgIpc) is 2.50. The van der Waals surface area contributed by atoms with Crippen LogP contribution in [0.3, 0.4) is 0 Å². The molecule has 0 saturated carbocycles. The van der Waals surface area contributed by atoms with Crippen molar-refractivity contribution in [1.82, 2.24) is 5.32 Å². The molecule has 2 N–H and O–H groups in total. The van der Waals surface area contributed by atoms with E-state index in [1.165, 1.54) is 12.1 Å². The van der Waals surface area contributed by atoms with Crippen molar-refractivity contribution in [2.24, 2.45) is 0 Å². The second kappa shape index (κ2) is 6.58. The number of benzene rings is 2. The predicted molar refractivity (Wildman–Crippen MR) is 88.1 cm³/mol. The van der Waals surface area contributed by atoms with Crippen molar-refractivity contribution >= 4 is 35.1 Å². The quantitative estimate of drug-likeness (QED) is 0.824.